The summed E-state index contributed by atoms with van der Waals surface area (Å²) in [7, 11) is 0. The van der Waals surface area contributed by atoms with Crippen molar-refractivity contribution in [2.75, 3.05) is 26.2 Å². The van der Waals surface area contributed by atoms with Gasteiger partial charge in [-0.1, -0.05) is 26.7 Å². The Morgan fingerprint density at radius 2 is 1.87 bits per heavy atom. The van der Waals surface area contributed by atoms with Crippen LogP contribution >= 0.6 is 0 Å². The highest BCUT2D eigenvalue weighted by Gasteiger charge is 2.10. The number of piperidine rings is 1. The van der Waals surface area contributed by atoms with Gasteiger partial charge in [0.05, 0.1) is 12.7 Å². The summed E-state index contributed by atoms with van der Waals surface area (Å²) in [6, 6.07) is 0. The molecular formula is C13H27NO. The summed E-state index contributed by atoms with van der Waals surface area (Å²) in [5.74, 6) is 0. The molecule has 0 aliphatic carbocycles. The highest BCUT2D eigenvalue weighted by molar-refractivity contribution is 4.64. The molecule has 0 aromatic heterocycles. The molecule has 0 saturated carbocycles. The van der Waals surface area contributed by atoms with Crippen molar-refractivity contribution in [1.29, 1.82) is 0 Å². The fraction of sp³-hybridized carbons (Fsp3) is 1.00. The van der Waals surface area contributed by atoms with Crippen LogP contribution in [-0.2, 0) is 4.74 Å². The molecule has 0 amide bonds. The Kier molecular flexibility index (Phi) is 7.03. The van der Waals surface area contributed by atoms with Crippen LogP contribution in [0.25, 0.3) is 0 Å². The van der Waals surface area contributed by atoms with Crippen molar-refractivity contribution >= 4 is 0 Å². The lowest BCUT2D eigenvalue weighted by molar-refractivity contribution is 0.0273. The van der Waals surface area contributed by atoms with Crippen LogP contribution in [0.15, 0.2) is 0 Å². The quantitative estimate of drug-likeness (QED) is 0.644. The molecule has 0 aromatic rings. The summed E-state index contributed by atoms with van der Waals surface area (Å²) in [5.41, 5.74) is 0. The third-order valence-electron chi connectivity index (χ3n) is 3.28. The van der Waals surface area contributed by atoms with Gasteiger partial charge in [-0.2, -0.15) is 0 Å². The minimum Gasteiger partial charge on any atom is -0.377 e. The van der Waals surface area contributed by atoms with E-state index in [-0.39, 0.29) is 0 Å². The smallest absolute Gasteiger partial charge is 0.0597 e. The van der Waals surface area contributed by atoms with Gasteiger partial charge in [-0.15, -0.1) is 0 Å². The molecule has 1 heterocycles. The second-order valence-corrected chi connectivity index (χ2v) is 4.59. The molecule has 0 aromatic carbocycles. The van der Waals surface area contributed by atoms with Crippen molar-refractivity contribution in [2.24, 2.45) is 0 Å². The maximum atomic E-state index is 5.89. The molecule has 2 nitrogen and oxygen atoms in total. The second-order valence-electron chi connectivity index (χ2n) is 4.59. The standard InChI is InChI=1S/C13H27NO/c1-3-8-13(4-2)15-12-11-14-9-6-5-7-10-14/h13H,3-12H2,1-2H3. The van der Waals surface area contributed by atoms with Crippen molar-refractivity contribution < 1.29 is 4.74 Å². The van der Waals surface area contributed by atoms with Crippen LogP contribution in [-0.4, -0.2) is 37.2 Å². The van der Waals surface area contributed by atoms with Crippen molar-refractivity contribution in [2.45, 2.75) is 58.5 Å². The Morgan fingerprint density at radius 3 is 2.47 bits per heavy atom. The molecule has 0 radical (unpaired) electrons. The molecule has 1 aliphatic rings. The van der Waals surface area contributed by atoms with E-state index in [1.165, 1.54) is 45.2 Å². The number of rotatable bonds is 7. The Bertz CT molecular complexity index is 139. The van der Waals surface area contributed by atoms with E-state index in [1.807, 2.05) is 0 Å². The van der Waals surface area contributed by atoms with Crippen molar-refractivity contribution in [3.8, 4) is 0 Å². The summed E-state index contributed by atoms with van der Waals surface area (Å²) in [6.07, 6.45) is 8.30. The predicted octanol–water partition coefficient (Wildman–Crippen LogP) is 3.07. The van der Waals surface area contributed by atoms with Gasteiger partial charge in [-0.25, -0.2) is 0 Å². The van der Waals surface area contributed by atoms with Gasteiger partial charge in [0.2, 0.25) is 0 Å². The molecule has 0 bridgehead atoms. The number of hydrogen-bond donors (Lipinski definition) is 0. The van der Waals surface area contributed by atoms with E-state index in [4.69, 9.17) is 4.74 Å². The first-order chi connectivity index (χ1) is 7.36. The van der Waals surface area contributed by atoms with Crippen LogP contribution in [0.1, 0.15) is 52.4 Å². The number of hydrogen-bond acceptors (Lipinski definition) is 2. The third kappa shape index (κ3) is 5.53. The molecule has 1 aliphatic heterocycles. The first kappa shape index (κ1) is 13.0. The minimum absolute atomic E-state index is 0.500. The van der Waals surface area contributed by atoms with Gasteiger partial charge in [0.25, 0.3) is 0 Å². The maximum Gasteiger partial charge on any atom is 0.0597 e. The lowest BCUT2D eigenvalue weighted by atomic mass is 10.1. The fourth-order valence-corrected chi connectivity index (χ4v) is 2.26. The van der Waals surface area contributed by atoms with Crippen LogP contribution in [0.2, 0.25) is 0 Å². The van der Waals surface area contributed by atoms with Crippen LogP contribution < -0.4 is 0 Å². The van der Waals surface area contributed by atoms with E-state index in [2.05, 4.69) is 18.7 Å². The zero-order valence-corrected chi connectivity index (χ0v) is 10.5. The highest BCUT2D eigenvalue weighted by Crippen LogP contribution is 2.09. The molecule has 2 heteroatoms. The first-order valence-corrected chi connectivity index (χ1v) is 6.70. The van der Waals surface area contributed by atoms with Gasteiger partial charge in [0, 0.05) is 6.54 Å². The number of likely N-dealkylation sites (tertiary alicyclic amines) is 1. The maximum absolute atomic E-state index is 5.89. The molecule has 1 saturated heterocycles. The van der Waals surface area contributed by atoms with Crippen LogP contribution in [0.5, 0.6) is 0 Å². The monoisotopic (exact) mass is 213 g/mol. The molecule has 1 rings (SSSR count). The normalized spacial score (nSPS) is 20.4. The lowest BCUT2D eigenvalue weighted by Gasteiger charge is -2.27. The van der Waals surface area contributed by atoms with Gasteiger partial charge in [-0.3, -0.25) is 0 Å². The summed E-state index contributed by atoms with van der Waals surface area (Å²) < 4.78 is 5.89. The lowest BCUT2D eigenvalue weighted by Crippen LogP contribution is -2.33. The van der Waals surface area contributed by atoms with E-state index >= 15 is 0 Å². The van der Waals surface area contributed by atoms with Gasteiger partial charge in [-0.05, 0) is 38.8 Å². The topological polar surface area (TPSA) is 12.5 Å². The predicted molar refractivity (Wildman–Crippen MR) is 65.2 cm³/mol. The zero-order chi connectivity index (χ0) is 10.9. The molecule has 0 N–H and O–H groups in total. The average Bonchev–Trinajstić information content (AvgIpc) is 2.29. The molecule has 15 heavy (non-hydrogen) atoms. The Morgan fingerprint density at radius 1 is 1.13 bits per heavy atom. The molecule has 1 atom stereocenters. The van der Waals surface area contributed by atoms with Gasteiger partial charge in [0.15, 0.2) is 0 Å². The Hall–Kier alpha value is -0.0800. The molecule has 0 spiro atoms. The van der Waals surface area contributed by atoms with E-state index in [9.17, 15) is 0 Å². The summed E-state index contributed by atoms with van der Waals surface area (Å²) in [4.78, 5) is 2.54. The van der Waals surface area contributed by atoms with E-state index in [1.54, 1.807) is 0 Å². The minimum atomic E-state index is 0.500. The molecule has 90 valence electrons. The van der Waals surface area contributed by atoms with Crippen LogP contribution in [0, 0.1) is 0 Å². The summed E-state index contributed by atoms with van der Waals surface area (Å²) in [6.45, 7) is 9.10. The van der Waals surface area contributed by atoms with Crippen LogP contribution in [0.3, 0.4) is 0 Å². The average molecular weight is 213 g/mol. The van der Waals surface area contributed by atoms with E-state index in [0.717, 1.165) is 19.6 Å². The SMILES string of the molecule is CCCC(CC)OCCN1CCCCC1. The second kappa shape index (κ2) is 8.12. The summed E-state index contributed by atoms with van der Waals surface area (Å²) in [5, 5.41) is 0. The van der Waals surface area contributed by atoms with Gasteiger partial charge >= 0.3 is 0 Å². The fourth-order valence-electron chi connectivity index (χ4n) is 2.26. The first-order valence-electron chi connectivity index (χ1n) is 6.70. The molecular weight excluding hydrogens is 186 g/mol. The van der Waals surface area contributed by atoms with Crippen molar-refractivity contribution in [3.63, 3.8) is 0 Å². The molecule has 1 fully saturated rings. The molecule has 1 unspecified atom stereocenters. The largest absolute Gasteiger partial charge is 0.377 e. The van der Waals surface area contributed by atoms with Crippen molar-refractivity contribution in [3.05, 3.63) is 0 Å². The van der Waals surface area contributed by atoms with Gasteiger partial charge in [0.1, 0.15) is 0 Å². The Labute approximate surface area is 95.0 Å². The van der Waals surface area contributed by atoms with E-state index < -0.39 is 0 Å². The number of nitrogens with zero attached hydrogens (tertiary/aromatic N) is 1. The highest BCUT2D eigenvalue weighted by atomic mass is 16.5. The van der Waals surface area contributed by atoms with Gasteiger partial charge < -0.3 is 9.64 Å². The van der Waals surface area contributed by atoms with Crippen LogP contribution in [0.4, 0.5) is 0 Å². The van der Waals surface area contributed by atoms with Crippen molar-refractivity contribution in [1.82, 2.24) is 4.90 Å². The van der Waals surface area contributed by atoms with E-state index in [0.29, 0.717) is 6.10 Å². The number of ether oxygens (including phenoxy) is 1. The third-order valence-corrected chi connectivity index (χ3v) is 3.28. The Balaban J connectivity index is 2.03. The zero-order valence-electron chi connectivity index (χ0n) is 10.5. The summed E-state index contributed by atoms with van der Waals surface area (Å²) >= 11 is 0.